The Morgan fingerprint density at radius 2 is 2.31 bits per heavy atom. The third kappa shape index (κ3) is 1.72. The van der Waals surface area contributed by atoms with E-state index >= 15 is 0 Å². The molecule has 3 nitrogen and oxygen atoms in total. The minimum absolute atomic E-state index is 0.827. The van der Waals surface area contributed by atoms with Gasteiger partial charge in [0.25, 0.3) is 0 Å². The van der Waals surface area contributed by atoms with E-state index in [9.17, 15) is 0 Å². The van der Waals surface area contributed by atoms with Gasteiger partial charge in [-0.15, -0.1) is 0 Å². The molecule has 0 aromatic carbocycles. The normalized spacial score (nSPS) is 10.9. The van der Waals surface area contributed by atoms with Gasteiger partial charge in [-0.3, -0.25) is 0 Å². The molecule has 2 aromatic heterocycles. The third-order valence-corrected chi connectivity index (χ3v) is 2.23. The second-order valence-electron chi connectivity index (χ2n) is 2.94. The molecular weight excluding hydrogens is 230 g/mol. The topological polar surface area (TPSA) is 30.2 Å². The van der Waals surface area contributed by atoms with Crippen LogP contribution in [0.2, 0.25) is 0 Å². The number of hydrogen-bond acceptors (Lipinski definition) is 2. The first kappa shape index (κ1) is 8.69. The molecule has 2 rings (SSSR count). The minimum atomic E-state index is 0.827. The van der Waals surface area contributed by atoms with Gasteiger partial charge in [-0.1, -0.05) is 13.3 Å². The van der Waals surface area contributed by atoms with Crippen LogP contribution >= 0.6 is 15.9 Å². The SMILES string of the molecule is CCCc1ccc2nc(Br)cn2n1. The molecule has 0 saturated carbocycles. The zero-order valence-electron chi connectivity index (χ0n) is 7.37. The Balaban J connectivity index is 2.48. The molecule has 2 heterocycles. The summed E-state index contributed by atoms with van der Waals surface area (Å²) in [6.45, 7) is 2.15. The lowest BCUT2D eigenvalue weighted by atomic mass is 10.2. The highest BCUT2D eigenvalue weighted by Crippen LogP contribution is 2.10. The van der Waals surface area contributed by atoms with Crippen molar-refractivity contribution >= 4 is 21.6 Å². The predicted octanol–water partition coefficient (Wildman–Crippen LogP) is 2.44. The molecule has 0 spiro atoms. The van der Waals surface area contributed by atoms with E-state index in [4.69, 9.17) is 0 Å². The van der Waals surface area contributed by atoms with Gasteiger partial charge in [0, 0.05) is 0 Å². The Hall–Kier alpha value is -0.900. The van der Waals surface area contributed by atoms with Crippen LogP contribution in [-0.4, -0.2) is 14.6 Å². The summed E-state index contributed by atoms with van der Waals surface area (Å²) in [5.41, 5.74) is 1.99. The molecule has 0 radical (unpaired) electrons. The van der Waals surface area contributed by atoms with Crippen molar-refractivity contribution in [1.29, 1.82) is 0 Å². The third-order valence-electron chi connectivity index (χ3n) is 1.85. The standard InChI is InChI=1S/C9H10BrN3/c1-2-3-7-4-5-9-11-8(10)6-13(9)12-7/h4-6H,2-3H2,1H3. The molecular formula is C9H10BrN3. The van der Waals surface area contributed by atoms with Crippen molar-refractivity contribution in [2.45, 2.75) is 19.8 Å². The maximum Gasteiger partial charge on any atom is 0.154 e. The highest BCUT2D eigenvalue weighted by Gasteiger charge is 2.00. The van der Waals surface area contributed by atoms with Crippen molar-refractivity contribution in [2.75, 3.05) is 0 Å². The second kappa shape index (κ2) is 3.46. The second-order valence-corrected chi connectivity index (χ2v) is 3.75. The Kier molecular flexibility index (Phi) is 2.31. The van der Waals surface area contributed by atoms with Crippen molar-refractivity contribution in [3.63, 3.8) is 0 Å². The van der Waals surface area contributed by atoms with Crippen molar-refractivity contribution in [1.82, 2.24) is 14.6 Å². The highest BCUT2D eigenvalue weighted by atomic mass is 79.9. The number of hydrogen-bond donors (Lipinski definition) is 0. The molecule has 0 N–H and O–H groups in total. The van der Waals surface area contributed by atoms with Crippen molar-refractivity contribution < 1.29 is 0 Å². The highest BCUT2D eigenvalue weighted by molar-refractivity contribution is 9.10. The lowest BCUT2D eigenvalue weighted by Crippen LogP contribution is -1.96. The van der Waals surface area contributed by atoms with Crippen molar-refractivity contribution in [3.05, 3.63) is 28.6 Å². The number of aromatic nitrogens is 3. The molecule has 0 saturated heterocycles. The summed E-state index contributed by atoms with van der Waals surface area (Å²) in [6.07, 6.45) is 4.01. The molecule has 4 heteroatoms. The average Bonchev–Trinajstić information content (AvgIpc) is 2.44. The summed E-state index contributed by atoms with van der Waals surface area (Å²) in [6, 6.07) is 4.01. The molecule has 13 heavy (non-hydrogen) atoms. The van der Waals surface area contributed by atoms with E-state index in [2.05, 4.69) is 32.9 Å². The summed E-state index contributed by atoms with van der Waals surface area (Å²) in [7, 11) is 0. The van der Waals surface area contributed by atoms with Crippen LogP contribution in [0.3, 0.4) is 0 Å². The van der Waals surface area contributed by atoms with Crippen LogP contribution in [0, 0.1) is 0 Å². The lowest BCUT2D eigenvalue weighted by Gasteiger charge is -1.97. The Morgan fingerprint density at radius 1 is 1.46 bits per heavy atom. The summed E-state index contributed by atoms with van der Waals surface area (Å²) < 4.78 is 2.63. The van der Waals surface area contributed by atoms with E-state index in [1.807, 2.05) is 18.3 Å². The van der Waals surface area contributed by atoms with Crippen molar-refractivity contribution in [2.24, 2.45) is 0 Å². The van der Waals surface area contributed by atoms with Crippen LogP contribution < -0.4 is 0 Å². The molecule has 68 valence electrons. The molecule has 2 aromatic rings. The summed E-state index contributed by atoms with van der Waals surface area (Å²) in [4.78, 5) is 4.23. The first-order valence-electron chi connectivity index (χ1n) is 4.30. The van der Waals surface area contributed by atoms with Gasteiger partial charge in [-0.05, 0) is 34.5 Å². The van der Waals surface area contributed by atoms with Crippen molar-refractivity contribution in [3.8, 4) is 0 Å². The Bertz CT molecular complexity index is 422. The molecule has 0 bridgehead atoms. The van der Waals surface area contributed by atoms with E-state index in [1.165, 1.54) is 0 Å². The van der Waals surface area contributed by atoms with E-state index in [1.54, 1.807) is 4.52 Å². The number of rotatable bonds is 2. The Labute approximate surface area is 84.9 Å². The smallest absolute Gasteiger partial charge is 0.154 e. The zero-order valence-corrected chi connectivity index (χ0v) is 8.95. The fourth-order valence-corrected chi connectivity index (χ4v) is 1.66. The van der Waals surface area contributed by atoms with Gasteiger partial charge in [0.2, 0.25) is 0 Å². The van der Waals surface area contributed by atoms with E-state index in [-0.39, 0.29) is 0 Å². The van der Waals surface area contributed by atoms with Gasteiger partial charge in [0.1, 0.15) is 4.60 Å². The fourth-order valence-electron chi connectivity index (χ4n) is 1.28. The maximum atomic E-state index is 4.41. The van der Waals surface area contributed by atoms with Gasteiger partial charge >= 0.3 is 0 Å². The number of aryl methyl sites for hydroxylation is 1. The average molecular weight is 240 g/mol. The van der Waals surface area contributed by atoms with Gasteiger partial charge in [-0.2, -0.15) is 5.10 Å². The van der Waals surface area contributed by atoms with Crippen LogP contribution in [0.15, 0.2) is 22.9 Å². The Morgan fingerprint density at radius 3 is 3.08 bits per heavy atom. The largest absolute Gasteiger partial charge is 0.220 e. The van der Waals surface area contributed by atoms with E-state index in [0.717, 1.165) is 28.8 Å². The number of nitrogens with zero attached hydrogens (tertiary/aromatic N) is 3. The monoisotopic (exact) mass is 239 g/mol. The van der Waals surface area contributed by atoms with Gasteiger partial charge < -0.3 is 0 Å². The van der Waals surface area contributed by atoms with Gasteiger partial charge in [-0.25, -0.2) is 9.50 Å². The summed E-state index contributed by atoms with van der Waals surface area (Å²) in [5, 5.41) is 4.41. The van der Waals surface area contributed by atoms with E-state index < -0.39 is 0 Å². The quantitative estimate of drug-likeness (QED) is 0.806. The molecule has 0 aliphatic carbocycles. The molecule has 0 amide bonds. The van der Waals surface area contributed by atoms with Crippen LogP contribution in [0.1, 0.15) is 19.0 Å². The number of imidazole rings is 1. The summed E-state index contributed by atoms with van der Waals surface area (Å²) in [5.74, 6) is 0. The van der Waals surface area contributed by atoms with E-state index in [0.29, 0.717) is 0 Å². The molecule has 0 aliphatic rings. The van der Waals surface area contributed by atoms with Crippen LogP contribution in [0.5, 0.6) is 0 Å². The first-order chi connectivity index (χ1) is 6.29. The molecule has 0 fully saturated rings. The number of halogens is 1. The lowest BCUT2D eigenvalue weighted by molar-refractivity contribution is 0.809. The maximum absolute atomic E-state index is 4.41. The number of fused-ring (bicyclic) bond motifs is 1. The summed E-state index contributed by atoms with van der Waals surface area (Å²) >= 11 is 3.32. The predicted molar refractivity (Wildman–Crippen MR) is 54.7 cm³/mol. The van der Waals surface area contributed by atoms with Gasteiger partial charge in [0.15, 0.2) is 5.65 Å². The molecule has 0 atom stereocenters. The van der Waals surface area contributed by atoms with Crippen LogP contribution in [0.4, 0.5) is 0 Å². The molecule has 0 aliphatic heterocycles. The van der Waals surface area contributed by atoms with Crippen LogP contribution in [0.25, 0.3) is 5.65 Å². The first-order valence-corrected chi connectivity index (χ1v) is 5.09. The van der Waals surface area contributed by atoms with Gasteiger partial charge in [0.05, 0.1) is 11.9 Å². The zero-order chi connectivity index (χ0) is 9.26. The minimum Gasteiger partial charge on any atom is -0.220 e. The fraction of sp³-hybridized carbons (Fsp3) is 0.333. The molecule has 0 unspecified atom stereocenters. The van der Waals surface area contributed by atoms with Crippen LogP contribution in [-0.2, 0) is 6.42 Å².